The lowest BCUT2D eigenvalue weighted by Crippen LogP contribution is -2.35. The average Bonchev–Trinajstić information content (AvgIpc) is 2.77. The first kappa shape index (κ1) is 15.9. The Labute approximate surface area is 140 Å². The normalized spacial score (nSPS) is 13.5. The zero-order chi connectivity index (χ0) is 16.9. The maximum atomic E-state index is 12.3. The molecule has 0 saturated heterocycles. The molecular weight excluding hydrogens is 308 g/mol. The van der Waals surface area contributed by atoms with Crippen molar-refractivity contribution in [3.05, 3.63) is 59.7 Å². The lowest BCUT2D eigenvalue weighted by molar-refractivity contribution is -0.117. The van der Waals surface area contributed by atoms with E-state index in [1.54, 1.807) is 25.3 Å². The van der Waals surface area contributed by atoms with E-state index >= 15 is 0 Å². The second-order valence-corrected chi connectivity index (χ2v) is 5.47. The van der Waals surface area contributed by atoms with Crippen molar-refractivity contribution in [3.8, 4) is 5.75 Å². The van der Waals surface area contributed by atoms with Crippen LogP contribution < -0.4 is 10.1 Å². The summed E-state index contributed by atoms with van der Waals surface area (Å²) in [5.74, 6) is 0.415. The second-order valence-electron chi connectivity index (χ2n) is 5.47. The van der Waals surface area contributed by atoms with Gasteiger partial charge in [0.1, 0.15) is 18.9 Å². The molecule has 0 aliphatic carbocycles. The first-order valence-corrected chi connectivity index (χ1v) is 7.58. The monoisotopic (exact) mass is 326 g/mol. The molecule has 2 aromatic carbocycles. The van der Waals surface area contributed by atoms with Crippen molar-refractivity contribution in [3.63, 3.8) is 0 Å². The molecule has 124 valence electrons. The van der Waals surface area contributed by atoms with Crippen molar-refractivity contribution >= 4 is 17.7 Å². The molecule has 0 unspecified atom stereocenters. The summed E-state index contributed by atoms with van der Waals surface area (Å²) in [5, 5.41) is 2.79. The van der Waals surface area contributed by atoms with E-state index in [4.69, 9.17) is 9.47 Å². The van der Waals surface area contributed by atoms with E-state index in [1.165, 1.54) is 4.90 Å². The summed E-state index contributed by atoms with van der Waals surface area (Å²) in [6.45, 7) is 0.395. The van der Waals surface area contributed by atoms with Crippen molar-refractivity contribution < 1.29 is 19.1 Å². The van der Waals surface area contributed by atoms with Gasteiger partial charge in [0.25, 0.3) is 0 Å². The quantitative estimate of drug-likeness (QED) is 0.942. The maximum absolute atomic E-state index is 12.3. The second kappa shape index (κ2) is 7.04. The summed E-state index contributed by atoms with van der Waals surface area (Å²) in [4.78, 5) is 25.7. The molecule has 3 rings (SSSR count). The first-order valence-electron chi connectivity index (χ1n) is 7.58. The highest BCUT2D eigenvalue weighted by Gasteiger charge is 2.24. The van der Waals surface area contributed by atoms with Gasteiger partial charge in [-0.1, -0.05) is 30.3 Å². The molecule has 2 amide bonds. The fraction of sp³-hybridized carbons (Fsp3) is 0.222. The van der Waals surface area contributed by atoms with Crippen molar-refractivity contribution in [1.29, 1.82) is 0 Å². The fourth-order valence-electron chi connectivity index (χ4n) is 2.51. The standard InChI is InChI=1S/C18H18N2O4/c1-23-15-7-8-16-14(9-15)10-20(11-17(21)19-16)18(22)24-12-13-5-3-2-4-6-13/h2-9H,10-12H2,1H3,(H,19,21). The van der Waals surface area contributed by atoms with Crippen LogP contribution in [0.2, 0.25) is 0 Å². The lowest BCUT2D eigenvalue weighted by Gasteiger charge is -2.19. The molecule has 0 bridgehead atoms. The Balaban J connectivity index is 1.72. The van der Waals surface area contributed by atoms with Crippen LogP contribution >= 0.6 is 0 Å². The number of benzene rings is 2. The van der Waals surface area contributed by atoms with Crippen molar-refractivity contribution in [2.24, 2.45) is 0 Å². The number of amides is 2. The van der Waals surface area contributed by atoms with Crippen LogP contribution in [-0.2, 0) is 22.7 Å². The minimum Gasteiger partial charge on any atom is -0.497 e. The molecular formula is C18H18N2O4. The molecule has 0 atom stereocenters. The number of hydrogen-bond donors (Lipinski definition) is 1. The van der Waals surface area contributed by atoms with Gasteiger partial charge in [-0.25, -0.2) is 4.79 Å². The third-order valence-corrected chi connectivity index (χ3v) is 3.75. The van der Waals surface area contributed by atoms with Crippen molar-refractivity contribution in [1.82, 2.24) is 4.90 Å². The molecule has 1 heterocycles. The number of carbonyl (C=O) groups excluding carboxylic acids is 2. The molecule has 6 nitrogen and oxygen atoms in total. The van der Waals surface area contributed by atoms with E-state index in [-0.39, 0.29) is 25.6 Å². The van der Waals surface area contributed by atoms with Crippen molar-refractivity contribution in [2.75, 3.05) is 19.0 Å². The number of ether oxygens (including phenoxy) is 2. The molecule has 1 aliphatic heterocycles. The van der Waals surface area contributed by atoms with E-state index in [1.807, 2.05) is 30.3 Å². The summed E-state index contributed by atoms with van der Waals surface area (Å²) in [7, 11) is 1.57. The Morgan fingerprint density at radius 3 is 2.71 bits per heavy atom. The Hall–Kier alpha value is -3.02. The van der Waals surface area contributed by atoms with Gasteiger partial charge in [0.2, 0.25) is 5.91 Å². The molecule has 1 N–H and O–H groups in total. The molecule has 2 aromatic rings. The summed E-state index contributed by atoms with van der Waals surface area (Å²) in [5.41, 5.74) is 2.38. The van der Waals surface area contributed by atoms with Gasteiger partial charge in [0, 0.05) is 5.69 Å². The lowest BCUT2D eigenvalue weighted by atomic mass is 10.1. The van der Waals surface area contributed by atoms with Crippen molar-refractivity contribution in [2.45, 2.75) is 13.2 Å². The third-order valence-electron chi connectivity index (χ3n) is 3.75. The maximum Gasteiger partial charge on any atom is 0.410 e. The van der Waals surface area contributed by atoms with E-state index in [9.17, 15) is 9.59 Å². The Bertz CT molecular complexity index is 746. The molecule has 0 spiro atoms. The number of rotatable bonds is 3. The van der Waals surface area contributed by atoms with Gasteiger partial charge in [0.15, 0.2) is 0 Å². The Morgan fingerprint density at radius 2 is 1.96 bits per heavy atom. The minimum atomic E-state index is -0.523. The number of fused-ring (bicyclic) bond motifs is 1. The van der Waals surface area contributed by atoms with Gasteiger partial charge in [-0.15, -0.1) is 0 Å². The number of carbonyl (C=O) groups is 2. The third kappa shape index (κ3) is 3.65. The average molecular weight is 326 g/mol. The fourth-order valence-corrected chi connectivity index (χ4v) is 2.51. The van der Waals surface area contributed by atoms with Crippen LogP contribution in [0.4, 0.5) is 10.5 Å². The highest BCUT2D eigenvalue weighted by Crippen LogP contribution is 2.25. The Kier molecular flexibility index (Phi) is 4.65. The summed E-state index contributed by atoms with van der Waals surface area (Å²) >= 11 is 0. The van der Waals surface area contributed by atoms with Gasteiger partial charge < -0.3 is 14.8 Å². The highest BCUT2D eigenvalue weighted by atomic mass is 16.6. The van der Waals surface area contributed by atoms with Crippen LogP contribution in [0.3, 0.4) is 0 Å². The van der Waals surface area contributed by atoms with E-state index in [2.05, 4.69) is 5.32 Å². The van der Waals surface area contributed by atoms with E-state index in [0.29, 0.717) is 11.4 Å². The van der Waals surface area contributed by atoms with E-state index < -0.39 is 6.09 Å². The summed E-state index contributed by atoms with van der Waals surface area (Å²) in [6.07, 6.45) is -0.523. The molecule has 0 aromatic heterocycles. The predicted octanol–water partition coefficient (Wildman–Crippen LogP) is 2.79. The van der Waals surface area contributed by atoms with Gasteiger partial charge in [-0.05, 0) is 29.3 Å². The molecule has 6 heteroatoms. The summed E-state index contributed by atoms with van der Waals surface area (Å²) in [6, 6.07) is 14.8. The number of nitrogens with one attached hydrogen (secondary N) is 1. The van der Waals surface area contributed by atoms with Gasteiger partial charge >= 0.3 is 6.09 Å². The molecule has 0 radical (unpaired) electrons. The zero-order valence-corrected chi connectivity index (χ0v) is 13.3. The molecule has 0 fully saturated rings. The smallest absolute Gasteiger partial charge is 0.410 e. The minimum absolute atomic E-state index is 0.0510. The van der Waals surface area contributed by atoms with Gasteiger partial charge in [-0.2, -0.15) is 0 Å². The predicted molar refractivity (Wildman–Crippen MR) is 88.7 cm³/mol. The Morgan fingerprint density at radius 1 is 1.17 bits per heavy atom. The van der Waals surface area contributed by atoms with Gasteiger partial charge in [-0.3, -0.25) is 9.69 Å². The highest BCUT2D eigenvalue weighted by molar-refractivity contribution is 5.95. The number of hydrogen-bond acceptors (Lipinski definition) is 4. The van der Waals surface area contributed by atoms with Crippen LogP contribution in [-0.4, -0.2) is 30.6 Å². The molecule has 0 saturated carbocycles. The number of methoxy groups -OCH3 is 1. The zero-order valence-electron chi connectivity index (χ0n) is 13.3. The van der Waals surface area contributed by atoms with Crippen LogP contribution in [0.5, 0.6) is 5.75 Å². The largest absolute Gasteiger partial charge is 0.497 e. The van der Waals surface area contributed by atoms with Crippen LogP contribution in [0.15, 0.2) is 48.5 Å². The van der Waals surface area contributed by atoms with E-state index in [0.717, 1.165) is 11.1 Å². The molecule has 1 aliphatic rings. The number of anilines is 1. The van der Waals surface area contributed by atoms with Crippen LogP contribution in [0.25, 0.3) is 0 Å². The van der Waals surface area contributed by atoms with Crippen LogP contribution in [0.1, 0.15) is 11.1 Å². The number of nitrogens with zero attached hydrogens (tertiary/aromatic N) is 1. The topological polar surface area (TPSA) is 67.9 Å². The van der Waals surface area contributed by atoms with Gasteiger partial charge in [0.05, 0.1) is 13.7 Å². The van der Waals surface area contributed by atoms with Crippen LogP contribution in [0, 0.1) is 0 Å². The SMILES string of the molecule is COc1ccc2c(c1)CN(C(=O)OCc1ccccc1)CC(=O)N2. The molecule has 24 heavy (non-hydrogen) atoms. The first-order chi connectivity index (χ1) is 11.7. The summed E-state index contributed by atoms with van der Waals surface area (Å²) < 4.78 is 10.5.